The second kappa shape index (κ2) is 6.47. The highest BCUT2D eigenvalue weighted by Crippen LogP contribution is 2.25. The van der Waals surface area contributed by atoms with Crippen LogP contribution >= 0.6 is 15.9 Å². The molecule has 1 N–H and O–H groups in total. The van der Waals surface area contributed by atoms with Gasteiger partial charge < -0.3 is 10.1 Å². The minimum Gasteiger partial charge on any atom is -0.455 e. The summed E-state index contributed by atoms with van der Waals surface area (Å²) in [4.78, 5) is 8.18. The Balaban J connectivity index is 2.17. The van der Waals surface area contributed by atoms with Gasteiger partial charge in [0.25, 0.3) is 0 Å². The Morgan fingerprint density at radius 1 is 1.28 bits per heavy atom. The first-order valence-electron chi connectivity index (χ1n) is 5.71. The lowest BCUT2D eigenvalue weighted by Crippen LogP contribution is -2.12. The van der Waals surface area contributed by atoms with Gasteiger partial charge in [0.15, 0.2) is 0 Å². The highest BCUT2D eigenvalue weighted by Gasteiger charge is 2.05. The summed E-state index contributed by atoms with van der Waals surface area (Å²) in [5.74, 6) is 1.50. The topological polar surface area (TPSA) is 47.0 Å². The summed E-state index contributed by atoms with van der Waals surface area (Å²) < 4.78 is 6.71. The first-order chi connectivity index (χ1) is 8.79. The van der Waals surface area contributed by atoms with E-state index in [1.165, 1.54) is 0 Å². The van der Waals surface area contributed by atoms with Crippen molar-refractivity contribution >= 4 is 15.9 Å². The lowest BCUT2D eigenvalue weighted by atomic mass is 10.2. The number of ether oxygens (including phenoxy) is 1. The van der Waals surface area contributed by atoms with Crippen LogP contribution in [0.2, 0.25) is 0 Å². The maximum absolute atomic E-state index is 5.81. The molecule has 0 spiro atoms. The molecule has 0 saturated heterocycles. The molecule has 18 heavy (non-hydrogen) atoms. The third kappa shape index (κ3) is 3.51. The van der Waals surface area contributed by atoms with Crippen LogP contribution in [-0.4, -0.2) is 16.5 Å². The summed E-state index contributed by atoms with van der Waals surface area (Å²) in [6, 6.07) is 3.73. The van der Waals surface area contributed by atoms with Crippen molar-refractivity contribution in [2.24, 2.45) is 0 Å². The lowest BCUT2D eigenvalue weighted by molar-refractivity contribution is 0.469. The van der Waals surface area contributed by atoms with Crippen LogP contribution in [0.3, 0.4) is 0 Å². The number of hydrogen-bond donors (Lipinski definition) is 1. The minimum absolute atomic E-state index is 0.702. The Morgan fingerprint density at radius 3 is 2.94 bits per heavy atom. The average molecular weight is 308 g/mol. The van der Waals surface area contributed by atoms with E-state index in [4.69, 9.17) is 4.74 Å². The summed E-state index contributed by atoms with van der Waals surface area (Å²) in [6.45, 7) is 3.71. The van der Waals surface area contributed by atoms with Crippen molar-refractivity contribution in [2.45, 2.75) is 13.5 Å². The van der Waals surface area contributed by atoms with Gasteiger partial charge in [0.05, 0.1) is 6.20 Å². The van der Waals surface area contributed by atoms with Gasteiger partial charge in [-0.1, -0.05) is 6.92 Å². The molecular weight excluding hydrogens is 294 g/mol. The smallest absolute Gasteiger partial charge is 0.146 e. The molecule has 0 amide bonds. The third-order valence-corrected chi connectivity index (χ3v) is 2.77. The Bertz CT molecular complexity index is 519. The van der Waals surface area contributed by atoms with Gasteiger partial charge in [0.2, 0.25) is 0 Å². The molecule has 0 aliphatic heterocycles. The van der Waals surface area contributed by atoms with Crippen LogP contribution < -0.4 is 10.1 Å². The molecule has 94 valence electrons. The molecule has 2 rings (SSSR count). The maximum atomic E-state index is 5.81. The van der Waals surface area contributed by atoms with Crippen LogP contribution in [0.25, 0.3) is 0 Å². The average Bonchev–Trinajstić information content (AvgIpc) is 2.38. The SMILES string of the molecule is CCNCc1cnccc1Oc1cncc(Br)c1. The van der Waals surface area contributed by atoms with Crippen molar-refractivity contribution in [2.75, 3.05) is 6.54 Å². The predicted octanol–water partition coefficient (Wildman–Crippen LogP) is 3.14. The standard InChI is InChI=1S/C13H14BrN3O/c1-2-15-6-10-7-16-4-3-13(10)18-12-5-11(14)8-17-9-12/h3-5,7-9,15H,2,6H2,1H3. The molecule has 0 aromatic carbocycles. The van der Waals surface area contributed by atoms with E-state index in [-0.39, 0.29) is 0 Å². The first-order valence-corrected chi connectivity index (χ1v) is 6.51. The lowest BCUT2D eigenvalue weighted by Gasteiger charge is -2.10. The number of aromatic nitrogens is 2. The van der Waals surface area contributed by atoms with Crippen LogP contribution in [0.15, 0.2) is 41.4 Å². The number of hydrogen-bond acceptors (Lipinski definition) is 4. The molecule has 2 heterocycles. The highest BCUT2D eigenvalue weighted by molar-refractivity contribution is 9.10. The minimum atomic E-state index is 0.702. The normalized spacial score (nSPS) is 10.3. The van der Waals surface area contributed by atoms with Gasteiger partial charge in [-0.15, -0.1) is 0 Å². The molecule has 0 bridgehead atoms. The molecular formula is C13H14BrN3O. The van der Waals surface area contributed by atoms with Crippen molar-refractivity contribution in [3.8, 4) is 11.5 Å². The molecule has 0 unspecified atom stereocenters. The zero-order valence-electron chi connectivity index (χ0n) is 10.1. The van der Waals surface area contributed by atoms with Crippen molar-refractivity contribution in [3.63, 3.8) is 0 Å². The Labute approximate surface area is 115 Å². The van der Waals surface area contributed by atoms with E-state index in [0.717, 1.165) is 28.9 Å². The van der Waals surface area contributed by atoms with Crippen LogP contribution in [0.4, 0.5) is 0 Å². The van der Waals surface area contributed by atoms with Gasteiger partial charge in [-0.05, 0) is 34.6 Å². The van der Waals surface area contributed by atoms with E-state index in [9.17, 15) is 0 Å². The summed E-state index contributed by atoms with van der Waals surface area (Å²) in [5, 5.41) is 3.26. The molecule has 2 aromatic heterocycles. The Morgan fingerprint density at radius 2 is 2.17 bits per heavy atom. The molecule has 2 aromatic rings. The monoisotopic (exact) mass is 307 g/mol. The first kappa shape index (κ1) is 13.0. The fourth-order valence-corrected chi connectivity index (χ4v) is 1.83. The van der Waals surface area contributed by atoms with Crippen LogP contribution in [0.1, 0.15) is 12.5 Å². The summed E-state index contributed by atoms with van der Waals surface area (Å²) in [7, 11) is 0. The number of rotatable bonds is 5. The second-order valence-corrected chi connectivity index (χ2v) is 4.62. The molecule has 0 aliphatic carbocycles. The van der Waals surface area contributed by atoms with E-state index in [2.05, 4.69) is 38.1 Å². The molecule has 0 radical (unpaired) electrons. The van der Waals surface area contributed by atoms with Gasteiger partial charge in [-0.2, -0.15) is 0 Å². The molecule has 0 saturated carbocycles. The molecule has 5 heteroatoms. The molecule has 4 nitrogen and oxygen atoms in total. The van der Waals surface area contributed by atoms with Crippen molar-refractivity contribution in [1.82, 2.24) is 15.3 Å². The number of pyridine rings is 2. The van der Waals surface area contributed by atoms with Gasteiger partial charge in [0, 0.05) is 35.2 Å². The predicted molar refractivity (Wildman–Crippen MR) is 73.6 cm³/mol. The number of nitrogens with one attached hydrogen (secondary N) is 1. The Kier molecular flexibility index (Phi) is 4.66. The van der Waals surface area contributed by atoms with Crippen molar-refractivity contribution in [1.29, 1.82) is 0 Å². The van der Waals surface area contributed by atoms with E-state index in [0.29, 0.717) is 5.75 Å². The van der Waals surface area contributed by atoms with Gasteiger partial charge >= 0.3 is 0 Å². The van der Waals surface area contributed by atoms with E-state index in [1.54, 1.807) is 18.6 Å². The van der Waals surface area contributed by atoms with Gasteiger partial charge in [-0.3, -0.25) is 9.97 Å². The maximum Gasteiger partial charge on any atom is 0.146 e. The van der Waals surface area contributed by atoms with E-state index < -0.39 is 0 Å². The third-order valence-electron chi connectivity index (χ3n) is 2.33. The van der Waals surface area contributed by atoms with Crippen LogP contribution in [0.5, 0.6) is 11.5 Å². The fourth-order valence-electron chi connectivity index (χ4n) is 1.48. The fraction of sp³-hybridized carbons (Fsp3) is 0.231. The summed E-state index contributed by atoms with van der Waals surface area (Å²) in [5.41, 5.74) is 1.03. The number of halogens is 1. The Hall–Kier alpha value is -1.46. The van der Waals surface area contributed by atoms with Gasteiger partial charge in [0.1, 0.15) is 11.5 Å². The molecule has 0 atom stereocenters. The zero-order chi connectivity index (χ0) is 12.8. The summed E-state index contributed by atoms with van der Waals surface area (Å²) >= 11 is 3.37. The quantitative estimate of drug-likeness (QED) is 0.922. The summed E-state index contributed by atoms with van der Waals surface area (Å²) in [6.07, 6.45) is 6.93. The molecule has 0 fully saturated rings. The van der Waals surface area contributed by atoms with Gasteiger partial charge in [-0.25, -0.2) is 0 Å². The van der Waals surface area contributed by atoms with E-state index >= 15 is 0 Å². The van der Waals surface area contributed by atoms with Crippen molar-refractivity contribution in [3.05, 3.63) is 47.0 Å². The second-order valence-electron chi connectivity index (χ2n) is 3.70. The highest BCUT2D eigenvalue weighted by atomic mass is 79.9. The van der Waals surface area contributed by atoms with Crippen molar-refractivity contribution < 1.29 is 4.74 Å². The largest absolute Gasteiger partial charge is 0.455 e. The van der Waals surface area contributed by atoms with Crippen LogP contribution in [0, 0.1) is 0 Å². The zero-order valence-corrected chi connectivity index (χ0v) is 11.6. The van der Waals surface area contributed by atoms with Crippen LogP contribution in [-0.2, 0) is 6.54 Å². The number of nitrogens with zero attached hydrogens (tertiary/aromatic N) is 2. The van der Waals surface area contributed by atoms with E-state index in [1.807, 2.05) is 18.3 Å². The molecule has 0 aliphatic rings.